The first-order chi connectivity index (χ1) is 12.1. The Morgan fingerprint density at radius 1 is 1.32 bits per heavy atom. The Balaban J connectivity index is 1.66. The van der Waals surface area contributed by atoms with Crippen molar-refractivity contribution in [3.05, 3.63) is 47.2 Å². The van der Waals surface area contributed by atoms with Gasteiger partial charge in [-0.2, -0.15) is 5.10 Å². The van der Waals surface area contributed by atoms with Gasteiger partial charge in [-0.1, -0.05) is 0 Å². The number of benzene rings is 1. The lowest BCUT2D eigenvalue weighted by atomic mass is 10.1. The van der Waals surface area contributed by atoms with Gasteiger partial charge in [0, 0.05) is 23.3 Å². The van der Waals surface area contributed by atoms with Gasteiger partial charge < -0.3 is 9.47 Å². The summed E-state index contributed by atoms with van der Waals surface area (Å²) in [7, 11) is 3.16. The fraction of sp³-hybridized carbons (Fsp3) is 0.235. The Bertz CT molecular complexity index is 901. The first kappa shape index (κ1) is 17.0. The van der Waals surface area contributed by atoms with Crippen LogP contribution in [0, 0.1) is 0 Å². The van der Waals surface area contributed by atoms with Crippen LogP contribution >= 0.6 is 11.3 Å². The van der Waals surface area contributed by atoms with Gasteiger partial charge in [0.2, 0.25) is 5.91 Å². The summed E-state index contributed by atoms with van der Waals surface area (Å²) in [5, 5.41) is 6.10. The first-order valence-electron chi connectivity index (χ1n) is 7.57. The van der Waals surface area contributed by atoms with Crippen molar-refractivity contribution in [2.24, 2.45) is 5.10 Å². The third-order valence-electron chi connectivity index (χ3n) is 3.63. The maximum atomic E-state index is 12.1. The SMILES string of the molecule is COc1ccc(C(C)=NNC(=O)Cc2cn3ccsc3n2)cc1OC. The van der Waals surface area contributed by atoms with E-state index in [1.807, 2.05) is 41.2 Å². The Morgan fingerprint density at radius 2 is 2.12 bits per heavy atom. The maximum Gasteiger partial charge on any atom is 0.246 e. The predicted octanol–water partition coefficient (Wildman–Crippen LogP) is 2.50. The lowest BCUT2D eigenvalue weighted by Crippen LogP contribution is -2.21. The lowest BCUT2D eigenvalue weighted by molar-refractivity contribution is -0.120. The van der Waals surface area contributed by atoms with Crippen LogP contribution in [0.5, 0.6) is 11.5 Å². The van der Waals surface area contributed by atoms with Gasteiger partial charge in [-0.25, -0.2) is 10.4 Å². The van der Waals surface area contributed by atoms with E-state index in [9.17, 15) is 4.79 Å². The van der Waals surface area contributed by atoms with Gasteiger partial charge in [0.15, 0.2) is 16.5 Å². The smallest absolute Gasteiger partial charge is 0.246 e. The second-order valence-corrected chi connectivity index (χ2v) is 6.18. The summed E-state index contributed by atoms with van der Waals surface area (Å²) in [6.45, 7) is 1.81. The molecule has 130 valence electrons. The summed E-state index contributed by atoms with van der Waals surface area (Å²) in [6, 6.07) is 5.47. The van der Waals surface area contributed by atoms with Crippen LogP contribution in [-0.2, 0) is 11.2 Å². The molecule has 3 aromatic rings. The maximum absolute atomic E-state index is 12.1. The molecule has 0 unspecified atom stereocenters. The van der Waals surface area contributed by atoms with Gasteiger partial charge in [-0.05, 0) is 25.1 Å². The van der Waals surface area contributed by atoms with Crippen molar-refractivity contribution in [2.75, 3.05) is 14.2 Å². The molecule has 1 aromatic carbocycles. The molecule has 0 spiro atoms. The van der Waals surface area contributed by atoms with Crippen LogP contribution in [-0.4, -0.2) is 35.2 Å². The summed E-state index contributed by atoms with van der Waals surface area (Å²) in [5.74, 6) is 1.03. The van der Waals surface area contributed by atoms with E-state index in [0.717, 1.165) is 10.5 Å². The molecule has 25 heavy (non-hydrogen) atoms. The molecule has 0 saturated heterocycles. The number of carbonyl (C=O) groups excluding carboxylic acids is 1. The number of hydrazone groups is 1. The zero-order chi connectivity index (χ0) is 17.8. The molecule has 1 N–H and O–H groups in total. The van der Waals surface area contributed by atoms with E-state index < -0.39 is 0 Å². The molecule has 2 aromatic heterocycles. The van der Waals surface area contributed by atoms with Crippen LogP contribution in [0.2, 0.25) is 0 Å². The van der Waals surface area contributed by atoms with E-state index in [-0.39, 0.29) is 12.3 Å². The van der Waals surface area contributed by atoms with E-state index >= 15 is 0 Å². The predicted molar refractivity (Wildman–Crippen MR) is 96.7 cm³/mol. The fourth-order valence-corrected chi connectivity index (χ4v) is 3.06. The molecule has 0 aliphatic carbocycles. The third-order valence-corrected chi connectivity index (χ3v) is 4.41. The molecule has 0 atom stereocenters. The molecule has 1 amide bonds. The minimum Gasteiger partial charge on any atom is -0.493 e. The largest absolute Gasteiger partial charge is 0.493 e. The molecule has 3 rings (SSSR count). The van der Waals surface area contributed by atoms with Crippen molar-refractivity contribution in [1.29, 1.82) is 0 Å². The highest BCUT2D eigenvalue weighted by Gasteiger charge is 2.09. The quantitative estimate of drug-likeness (QED) is 0.542. The van der Waals surface area contributed by atoms with E-state index in [2.05, 4.69) is 15.5 Å². The van der Waals surface area contributed by atoms with Gasteiger partial charge in [-0.3, -0.25) is 9.20 Å². The minimum absolute atomic E-state index is 0.178. The molecule has 0 saturated carbocycles. The number of rotatable bonds is 6. The Hall–Kier alpha value is -2.87. The summed E-state index contributed by atoms with van der Waals surface area (Å²) in [4.78, 5) is 17.3. The number of nitrogens with zero attached hydrogens (tertiary/aromatic N) is 3. The van der Waals surface area contributed by atoms with E-state index in [1.54, 1.807) is 20.3 Å². The van der Waals surface area contributed by atoms with Crippen LogP contribution < -0.4 is 14.9 Å². The number of carbonyl (C=O) groups is 1. The van der Waals surface area contributed by atoms with Crippen molar-refractivity contribution >= 4 is 27.9 Å². The summed E-state index contributed by atoms with van der Waals surface area (Å²) >= 11 is 1.53. The number of methoxy groups -OCH3 is 2. The fourth-order valence-electron chi connectivity index (χ4n) is 2.34. The average molecular weight is 358 g/mol. The van der Waals surface area contributed by atoms with Gasteiger partial charge in [0.1, 0.15) is 0 Å². The highest BCUT2D eigenvalue weighted by atomic mass is 32.1. The Morgan fingerprint density at radius 3 is 2.84 bits per heavy atom. The Kier molecular flexibility index (Phi) is 4.99. The summed E-state index contributed by atoms with van der Waals surface area (Å²) in [5.41, 5.74) is 4.78. The van der Waals surface area contributed by atoms with Crippen molar-refractivity contribution in [1.82, 2.24) is 14.8 Å². The topological polar surface area (TPSA) is 77.2 Å². The molecule has 0 radical (unpaired) electrons. The normalized spacial score (nSPS) is 11.6. The molecule has 0 bridgehead atoms. The number of amides is 1. The summed E-state index contributed by atoms with van der Waals surface area (Å²) < 4.78 is 12.4. The van der Waals surface area contributed by atoms with E-state index in [1.165, 1.54) is 11.3 Å². The van der Waals surface area contributed by atoms with Crippen LogP contribution in [0.15, 0.2) is 41.1 Å². The Labute approximate surface area is 148 Å². The van der Waals surface area contributed by atoms with Crippen LogP contribution in [0.3, 0.4) is 0 Å². The molecule has 0 fully saturated rings. The third kappa shape index (κ3) is 3.80. The monoisotopic (exact) mass is 358 g/mol. The molecule has 0 aliphatic heterocycles. The van der Waals surface area contributed by atoms with Crippen molar-refractivity contribution in [3.63, 3.8) is 0 Å². The number of hydrogen-bond acceptors (Lipinski definition) is 6. The zero-order valence-electron chi connectivity index (χ0n) is 14.1. The molecule has 2 heterocycles. The molecule has 8 heteroatoms. The average Bonchev–Trinajstić information content (AvgIpc) is 3.20. The van der Waals surface area contributed by atoms with Crippen LogP contribution in [0.4, 0.5) is 0 Å². The molecular formula is C17H18N4O3S. The number of hydrogen-bond donors (Lipinski definition) is 1. The van der Waals surface area contributed by atoms with Gasteiger partial charge in [-0.15, -0.1) is 11.3 Å². The first-order valence-corrected chi connectivity index (χ1v) is 8.45. The van der Waals surface area contributed by atoms with Crippen molar-refractivity contribution in [2.45, 2.75) is 13.3 Å². The van der Waals surface area contributed by atoms with Crippen molar-refractivity contribution in [3.8, 4) is 11.5 Å². The van der Waals surface area contributed by atoms with Gasteiger partial charge in [0.25, 0.3) is 0 Å². The molecule has 0 aliphatic rings. The lowest BCUT2D eigenvalue weighted by Gasteiger charge is -2.09. The van der Waals surface area contributed by atoms with Crippen molar-refractivity contribution < 1.29 is 14.3 Å². The summed E-state index contributed by atoms with van der Waals surface area (Å²) in [6.07, 6.45) is 3.93. The van der Waals surface area contributed by atoms with Gasteiger partial charge >= 0.3 is 0 Å². The zero-order valence-corrected chi connectivity index (χ0v) is 15.0. The molecule has 7 nitrogen and oxygen atoms in total. The number of nitrogens with one attached hydrogen (secondary N) is 1. The second kappa shape index (κ2) is 7.35. The number of fused-ring (bicyclic) bond motifs is 1. The number of aromatic nitrogens is 2. The van der Waals surface area contributed by atoms with Crippen LogP contribution in [0.25, 0.3) is 4.96 Å². The highest BCUT2D eigenvalue weighted by Crippen LogP contribution is 2.27. The van der Waals surface area contributed by atoms with Gasteiger partial charge in [0.05, 0.1) is 32.0 Å². The number of ether oxygens (including phenoxy) is 2. The number of thiazole rings is 1. The standard InChI is InChI=1S/C17H18N4O3S/c1-11(12-4-5-14(23-2)15(8-12)24-3)19-20-16(22)9-13-10-21-6-7-25-17(21)18-13/h4-8,10H,9H2,1-3H3,(H,20,22). The second-order valence-electron chi connectivity index (χ2n) is 5.30. The highest BCUT2D eigenvalue weighted by molar-refractivity contribution is 7.15. The van der Waals surface area contributed by atoms with E-state index in [0.29, 0.717) is 22.9 Å². The van der Waals surface area contributed by atoms with E-state index in [4.69, 9.17) is 9.47 Å². The van der Waals surface area contributed by atoms with Crippen LogP contribution in [0.1, 0.15) is 18.2 Å². The minimum atomic E-state index is -0.217. The molecular weight excluding hydrogens is 340 g/mol. The number of imidazole rings is 1.